The van der Waals surface area contributed by atoms with Crippen molar-refractivity contribution in [1.82, 2.24) is 0 Å². The Bertz CT molecular complexity index is 760. The molecule has 0 saturated heterocycles. The summed E-state index contributed by atoms with van der Waals surface area (Å²) in [6, 6.07) is 12.0. The van der Waals surface area contributed by atoms with Crippen LogP contribution in [0.2, 0.25) is 0 Å². The highest BCUT2D eigenvalue weighted by molar-refractivity contribution is 5.96. The summed E-state index contributed by atoms with van der Waals surface area (Å²) < 4.78 is 10.7. The predicted octanol–water partition coefficient (Wildman–Crippen LogP) is 4.10. The average molecular weight is 342 g/mol. The predicted molar refractivity (Wildman–Crippen MR) is 95.9 cm³/mol. The zero-order valence-corrected chi connectivity index (χ0v) is 14.5. The molecule has 0 aliphatic heterocycles. The molecule has 2 N–H and O–H groups in total. The van der Waals surface area contributed by atoms with Crippen molar-refractivity contribution in [3.05, 3.63) is 59.7 Å². The molecule has 0 aromatic heterocycles. The monoisotopic (exact) mass is 342 g/mol. The lowest BCUT2D eigenvalue weighted by molar-refractivity contribution is -0.117. The van der Waals surface area contributed by atoms with Gasteiger partial charge in [-0.05, 0) is 29.8 Å². The van der Waals surface area contributed by atoms with E-state index in [4.69, 9.17) is 9.47 Å². The molecule has 0 bridgehead atoms. The van der Waals surface area contributed by atoms with Gasteiger partial charge in [0.25, 0.3) is 0 Å². The number of aliphatic hydroxyl groups is 1. The van der Waals surface area contributed by atoms with E-state index >= 15 is 0 Å². The van der Waals surface area contributed by atoms with E-state index in [0.717, 1.165) is 17.4 Å². The van der Waals surface area contributed by atoms with Crippen LogP contribution in [-0.2, 0) is 11.4 Å². The van der Waals surface area contributed by atoms with Gasteiger partial charge in [-0.15, -0.1) is 0 Å². The van der Waals surface area contributed by atoms with Crippen molar-refractivity contribution in [3.8, 4) is 17.2 Å². The zero-order chi connectivity index (χ0) is 18.4. The van der Waals surface area contributed by atoms with Gasteiger partial charge in [0.15, 0.2) is 5.78 Å². The van der Waals surface area contributed by atoms with Crippen molar-refractivity contribution in [3.63, 3.8) is 0 Å². The summed E-state index contributed by atoms with van der Waals surface area (Å²) in [7, 11) is 1.61. The molecule has 132 valence electrons. The molecule has 5 heteroatoms. The van der Waals surface area contributed by atoms with Crippen molar-refractivity contribution in [2.75, 3.05) is 7.11 Å². The molecule has 25 heavy (non-hydrogen) atoms. The quantitative estimate of drug-likeness (QED) is 0.585. The molecule has 0 aliphatic carbocycles. The van der Waals surface area contributed by atoms with Crippen LogP contribution in [0.4, 0.5) is 0 Å². The number of hydrogen-bond donors (Lipinski definition) is 2. The molecule has 2 rings (SSSR count). The minimum absolute atomic E-state index is 0.155. The average Bonchev–Trinajstić information content (AvgIpc) is 2.60. The van der Waals surface area contributed by atoms with Gasteiger partial charge in [-0.3, -0.25) is 4.79 Å². The molecule has 0 amide bonds. The van der Waals surface area contributed by atoms with Crippen molar-refractivity contribution < 1.29 is 24.5 Å². The number of ketones is 1. The smallest absolute Gasteiger partial charge is 0.161 e. The summed E-state index contributed by atoms with van der Waals surface area (Å²) in [4.78, 5) is 11.7. The highest BCUT2D eigenvalue weighted by atomic mass is 16.5. The Balaban J connectivity index is 2.06. The van der Waals surface area contributed by atoms with Crippen molar-refractivity contribution in [1.29, 1.82) is 0 Å². The lowest BCUT2D eigenvalue weighted by Gasteiger charge is -2.10. The van der Waals surface area contributed by atoms with Crippen LogP contribution in [0.5, 0.6) is 17.2 Å². The Morgan fingerprint density at radius 1 is 1.12 bits per heavy atom. The van der Waals surface area contributed by atoms with Gasteiger partial charge in [0.2, 0.25) is 0 Å². The first-order chi connectivity index (χ1) is 11.9. The van der Waals surface area contributed by atoms with Crippen LogP contribution < -0.4 is 9.47 Å². The van der Waals surface area contributed by atoms with Crippen LogP contribution >= 0.6 is 0 Å². The van der Waals surface area contributed by atoms with E-state index in [9.17, 15) is 15.0 Å². The normalized spacial score (nSPS) is 11.4. The van der Waals surface area contributed by atoms with E-state index in [2.05, 4.69) is 0 Å². The molecule has 0 saturated carbocycles. The number of phenols is 1. The maximum atomic E-state index is 11.7. The van der Waals surface area contributed by atoms with Crippen LogP contribution in [-0.4, -0.2) is 23.1 Å². The molecule has 0 atom stereocenters. The summed E-state index contributed by atoms with van der Waals surface area (Å²) >= 11 is 0. The van der Waals surface area contributed by atoms with Crippen molar-refractivity contribution in [2.24, 2.45) is 5.92 Å². The molecule has 0 unspecified atom stereocenters. The highest BCUT2D eigenvalue weighted by Crippen LogP contribution is 2.29. The first-order valence-corrected chi connectivity index (χ1v) is 7.94. The standard InChI is InChI=1S/C20H22O5/c1-13(2)18(21)11-20(23)17-9-8-16(10-19(17)22)25-12-14-4-6-15(24-3)7-5-14/h4-11,13,22-23H,12H2,1-3H3/b20-11+. The topological polar surface area (TPSA) is 76.0 Å². The first-order valence-electron chi connectivity index (χ1n) is 7.94. The number of benzene rings is 2. The zero-order valence-electron chi connectivity index (χ0n) is 14.5. The third kappa shape index (κ3) is 5.01. The number of rotatable bonds is 7. The van der Waals surface area contributed by atoms with Crippen molar-refractivity contribution >= 4 is 11.5 Å². The van der Waals surface area contributed by atoms with Gasteiger partial charge in [0.05, 0.1) is 12.7 Å². The number of ether oxygens (including phenoxy) is 2. The summed E-state index contributed by atoms with van der Waals surface area (Å²) in [6.07, 6.45) is 1.12. The Morgan fingerprint density at radius 2 is 1.76 bits per heavy atom. The van der Waals surface area contributed by atoms with Gasteiger partial charge < -0.3 is 19.7 Å². The Labute approximate surface area is 147 Å². The van der Waals surface area contributed by atoms with E-state index < -0.39 is 0 Å². The number of aromatic hydroxyl groups is 1. The fourth-order valence-corrected chi connectivity index (χ4v) is 2.09. The summed E-state index contributed by atoms with van der Waals surface area (Å²) in [5, 5.41) is 20.1. The Morgan fingerprint density at radius 3 is 2.32 bits per heavy atom. The number of phenolic OH excluding ortho intramolecular Hbond substituents is 1. The number of aliphatic hydroxyl groups excluding tert-OH is 1. The maximum Gasteiger partial charge on any atom is 0.161 e. The number of allylic oxidation sites excluding steroid dienone is 1. The van der Waals surface area contributed by atoms with Gasteiger partial charge in [-0.25, -0.2) is 0 Å². The molecule has 2 aromatic rings. The van der Waals surface area contributed by atoms with E-state index in [0.29, 0.717) is 12.4 Å². The Kier molecular flexibility index (Phi) is 6.06. The highest BCUT2D eigenvalue weighted by Gasteiger charge is 2.11. The molecule has 2 aromatic carbocycles. The second-order valence-corrected chi connectivity index (χ2v) is 5.90. The van der Waals surface area contributed by atoms with Gasteiger partial charge in [-0.2, -0.15) is 0 Å². The van der Waals surface area contributed by atoms with Crippen LogP contribution in [0, 0.1) is 5.92 Å². The van der Waals surface area contributed by atoms with Crippen LogP contribution in [0.1, 0.15) is 25.0 Å². The second kappa shape index (κ2) is 8.24. The second-order valence-electron chi connectivity index (χ2n) is 5.90. The third-order valence-electron chi connectivity index (χ3n) is 3.66. The van der Waals surface area contributed by atoms with Gasteiger partial charge in [0.1, 0.15) is 29.6 Å². The van der Waals surface area contributed by atoms with E-state index in [-0.39, 0.29) is 28.8 Å². The fourth-order valence-electron chi connectivity index (χ4n) is 2.09. The number of hydrogen-bond acceptors (Lipinski definition) is 5. The van der Waals surface area contributed by atoms with E-state index in [1.165, 1.54) is 12.1 Å². The SMILES string of the molecule is COc1ccc(COc2ccc(/C(O)=C\C(=O)C(C)C)c(O)c2)cc1. The minimum Gasteiger partial charge on any atom is -0.507 e. The largest absolute Gasteiger partial charge is 0.507 e. The molecule has 0 heterocycles. The third-order valence-corrected chi connectivity index (χ3v) is 3.66. The van der Waals surface area contributed by atoms with E-state index in [1.807, 2.05) is 24.3 Å². The number of carbonyl (C=O) groups excluding carboxylic acids is 1. The van der Waals surface area contributed by atoms with Gasteiger partial charge in [0, 0.05) is 18.1 Å². The van der Waals surface area contributed by atoms with Gasteiger partial charge >= 0.3 is 0 Å². The molecule has 0 spiro atoms. The summed E-state index contributed by atoms with van der Waals surface area (Å²) in [5.74, 6) is 0.368. The molecule has 0 radical (unpaired) electrons. The number of carbonyl (C=O) groups is 1. The Hall–Kier alpha value is -2.95. The lowest BCUT2D eigenvalue weighted by Crippen LogP contribution is -2.03. The molecular weight excluding hydrogens is 320 g/mol. The van der Waals surface area contributed by atoms with E-state index in [1.54, 1.807) is 27.0 Å². The maximum absolute atomic E-state index is 11.7. The van der Waals surface area contributed by atoms with Crippen LogP contribution in [0.3, 0.4) is 0 Å². The van der Waals surface area contributed by atoms with Gasteiger partial charge in [-0.1, -0.05) is 26.0 Å². The fraction of sp³-hybridized carbons (Fsp3) is 0.250. The summed E-state index contributed by atoms with van der Waals surface area (Å²) in [5.41, 5.74) is 1.14. The van der Waals surface area contributed by atoms with Crippen LogP contribution in [0.15, 0.2) is 48.5 Å². The summed E-state index contributed by atoms with van der Waals surface area (Å²) in [6.45, 7) is 3.81. The van der Waals surface area contributed by atoms with Crippen molar-refractivity contribution in [2.45, 2.75) is 20.5 Å². The molecule has 0 aliphatic rings. The van der Waals surface area contributed by atoms with Crippen LogP contribution in [0.25, 0.3) is 5.76 Å². The molecule has 0 fully saturated rings. The minimum atomic E-state index is -0.266. The molecule has 5 nitrogen and oxygen atoms in total. The molecular formula is C20H22O5. The first kappa shape index (κ1) is 18.4. The number of methoxy groups -OCH3 is 1. The lowest BCUT2D eigenvalue weighted by atomic mass is 10.1.